The minimum Gasteiger partial charge on any atom is -0.445 e. The van der Waals surface area contributed by atoms with Gasteiger partial charge in [-0.2, -0.15) is 0 Å². The number of carbonyl (C=O) groups is 2. The van der Waals surface area contributed by atoms with Crippen LogP contribution in [-0.2, 0) is 71.0 Å². The number of nitro groups is 1. The molecule has 0 bridgehead atoms. The fraction of sp³-hybridized carbons (Fsp3) is 0.269. The molecule has 0 saturated carbocycles. The van der Waals surface area contributed by atoms with Gasteiger partial charge in [0.15, 0.2) is 12.3 Å². The number of esters is 1. The minimum atomic E-state index is -1.59. The summed E-state index contributed by atoms with van der Waals surface area (Å²) in [5.74, 6) is -1.39. The van der Waals surface area contributed by atoms with Gasteiger partial charge in [0.25, 0.3) is 0 Å². The molecule has 1 amide bonds. The van der Waals surface area contributed by atoms with Crippen LogP contribution in [0, 0.1) is 10.1 Å². The van der Waals surface area contributed by atoms with Crippen LogP contribution in [0.15, 0.2) is 176 Å². The number of nitrogens with one attached hydrogen (secondary N) is 1. The molecule has 14 heteroatoms. The number of para-hydroxylation sites is 2. The van der Waals surface area contributed by atoms with E-state index in [0.717, 1.165) is 22.3 Å². The molecule has 0 unspecified atom stereocenters. The molecule has 1 saturated heterocycles. The number of amides is 1. The Morgan fingerprint density at radius 3 is 1.55 bits per heavy atom. The second-order valence-electron chi connectivity index (χ2n) is 15.5. The molecule has 342 valence electrons. The Balaban J connectivity index is 1.22. The van der Waals surface area contributed by atoms with Crippen molar-refractivity contribution < 1.29 is 52.4 Å². The summed E-state index contributed by atoms with van der Waals surface area (Å²) in [6, 6.07) is 51.4. The molecule has 14 nitrogen and oxygen atoms in total. The Morgan fingerprint density at radius 1 is 0.591 bits per heavy atom. The van der Waals surface area contributed by atoms with Gasteiger partial charge in [0.2, 0.25) is 5.75 Å². The van der Waals surface area contributed by atoms with Gasteiger partial charge in [-0.3, -0.25) is 10.1 Å². The summed E-state index contributed by atoms with van der Waals surface area (Å²) < 4.78 is 51.3. The maximum atomic E-state index is 14.2. The van der Waals surface area contributed by atoms with Crippen LogP contribution in [0.4, 0.5) is 10.5 Å². The summed E-state index contributed by atoms with van der Waals surface area (Å²) in [7, 11) is 0. The molecule has 0 aromatic heterocycles. The number of nitrogens with zero attached hydrogens (tertiary/aromatic N) is 1. The van der Waals surface area contributed by atoms with Crippen molar-refractivity contribution in [3.63, 3.8) is 0 Å². The van der Waals surface area contributed by atoms with Gasteiger partial charge in [-0.15, -0.1) is 0 Å². The molecule has 1 aliphatic heterocycles. The Morgan fingerprint density at radius 2 is 1.03 bits per heavy atom. The van der Waals surface area contributed by atoms with Crippen molar-refractivity contribution in [2.24, 2.45) is 0 Å². The highest BCUT2D eigenvalue weighted by Crippen LogP contribution is 2.33. The van der Waals surface area contributed by atoms with Crippen molar-refractivity contribution >= 4 is 17.7 Å². The second kappa shape index (κ2) is 24.5. The van der Waals surface area contributed by atoms with Crippen LogP contribution in [-0.4, -0.2) is 66.4 Å². The largest absolute Gasteiger partial charge is 0.445 e. The molecule has 0 radical (unpaired) electrons. The van der Waals surface area contributed by atoms with Crippen molar-refractivity contribution in [2.45, 2.75) is 82.8 Å². The number of ether oxygens (including phenoxy) is 8. The lowest BCUT2D eigenvalue weighted by Crippen LogP contribution is -2.63. The van der Waals surface area contributed by atoms with Crippen LogP contribution in [0.2, 0.25) is 0 Å². The van der Waals surface area contributed by atoms with E-state index < -0.39 is 65.5 Å². The number of hydrogen-bond donors (Lipinski definition) is 1. The fourth-order valence-electron chi connectivity index (χ4n) is 7.27. The molecular formula is C52H52N2O12. The van der Waals surface area contributed by atoms with E-state index in [9.17, 15) is 19.7 Å². The van der Waals surface area contributed by atoms with Crippen LogP contribution in [0.1, 0.15) is 34.7 Å². The summed E-state index contributed by atoms with van der Waals surface area (Å²) in [6.45, 7) is 2.22. The van der Waals surface area contributed by atoms with Crippen LogP contribution < -0.4 is 10.1 Å². The Bertz CT molecular complexity index is 2400. The monoisotopic (exact) mass is 896 g/mol. The molecule has 1 heterocycles. The summed E-state index contributed by atoms with van der Waals surface area (Å²) in [5, 5.41) is 14.5. The summed E-state index contributed by atoms with van der Waals surface area (Å²) in [4.78, 5) is 38.9. The lowest BCUT2D eigenvalue weighted by molar-refractivity contribution is -0.385. The smallest absolute Gasteiger partial charge is 0.408 e. The molecule has 0 aliphatic carbocycles. The van der Waals surface area contributed by atoms with E-state index in [4.69, 9.17) is 37.9 Å². The molecule has 1 aliphatic rings. The van der Waals surface area contributed by atoms with E-state index in [-0.39, 0.29) is 45.4 Å². The molecular weight excluding hydrogens is 845 g/mol. The van der Waals surface area contributed by atoms with Crippen molar-refractivity contribution in [3.8, 4) is 5.75 Å². The van der Waals surface area contributed by atoms with E-state index in [1.54, 1.807) is 31.2 Å². The van der Waals surface area contributed by atoms with Crippen molar-refractivity contribution in [3.05, 3.63) is 214 Å². The molecule has 1 fully saturated rings. The minimum absolute atomic E-state index is 0.0341. The highest BCUT2D eigenvalue weighted by molar-refractivity contribution is 5.84. The maximum absolute atomic E-state index is 14.2. The molecule has 6 aromatic rings. The van der Waals surface area contributed by atoms with Crippen molar-refractivity contribution in [1.82, 2.24) is 5.32 Å². The zero-order valence-corrected chi connectivity index (χ0v) is 36.4. The van der Waals surface area contributed by atoms with E-state index in [1.807, 2.05) is 127 Å². The molecule has 66 heavy (non-hydrogen) atoms. The normalized spacial score (nSPS) is 19.0. The van der Waals surface area contributed by atoms with Gasteiger partial charge < -0.3 is 43.2 Å². The number of benzene rings is 6. The van der Waals surface area contributed by atoms with Gasteiger partial charge >= 0.3 is 17.7 Å². The van der Waals surface area contributed by atoms with Crippen LogP contribution in [0.25, 0.3) is 0 Å². The zero-order valence-electron chi connectivity index (χ0n) is 36.4. The standard InChI is InChI=1S/C52H52N2O12/c1-37(46(53-52(56)63-35-42-27-15-6-16-28-42)50(55)65-44-30-18-17-29-43(44)54(57)58)64-51-49(62-34-41-25-13-5-14-26-41)48(61-33-40-23-11-4-12-24-40)47(60-32-39-21-9-3-10-22-39)45(66-51)36-59-31-38-19-7-2-8-20-38/h2-30,37,45-49,51H,31-36H2,1H3,(H,53,56)/t37-,45-,46+,47+,48+,49-,51+/m1/s1. The first-order valence-corrected chi connectivity index (χ1v) is 21.6. The Kier molecular flexibility index (Phi) is 17.5. The average Bonchev–Trinajstić information content (AvgIpc) is 3.35. The third-order valence-electron chi connectivity index (χ3n) is 10.7. The van der Waals surface area contributed by atoms with Crippen LogP contribution in [0.3, 0.4) is 0 Å². The number of alkyl carbamates (subject to hydrolysis) is 1. The van der Waals surface area contributed by atoms with E-state index in [2.05, 4.69) is 5.32 Å². The topological polar surface area (TPSA) is 163 Å². The number of nitro benzene ring substituents is 1. The van der Waals surface area contributed by atoms with Gasteiger partial charge in [-0.1, -0.05) is 164 Å². The third-order valence-corrected chi connectivity index (χ3v) is 10.7. The van der Waals surface area contributed by atoms with E-state index >= 15 is 0 Å². The predicted molar refractivity (Wildman–Crippen MR) is 243 cm³/mol. The molecule has 6 aromatic carbocycles. The van der Waals surface area contributed by atoms with E-state index in [1.165, 1.54) is 24.3 Å². The number of carbonyl (C=O) groups excluding carboxylic acids is 2. The first-order valence-electron chi connectivity index (χ1n) is 21.6. The summed E-state index contributed by atoms with van der Waals surface area (Å²) >= 11 is 0. The number of rotatable bonds is 22. The lowest BCUT2D eigenvalue weighted by atomic mass is 9.97. The maximum Gasteiger partial charge on any atom is 0.408 e. The Labute approximate surface area is 383 Å². The SMILES string of the molecule is C[C@@H](O[C@H]1O[C@H](COCc2ccccc2)[C@H](OCc2ccccc2)[C@H](OCc2ccccc2)[C@H]1OCc1ccccc1)[C@H](NC(=O)OCc1ccccc1)C(=O)Oc1ccccc1[N+](=O)[O-]. The predicted octanol–water partition coefficient (Wildman–Crippen LogP) is 8.90. The van der Waals surface area contributed by atoms with Gasteiger partial charge in [0.05, 0.1) is 44.1 Å². The Hall–Kier alpha value is -6.78. The summed E-state index contributed by atoms with van der Waals surface area (Å²) in [6.07, 6.45) is -6.98. The second-order valence-corrected chi connectivity index (χ2v) is 15.5. The first-order chi connectivity index (χ1) is 32.3. The first kappa shape index (κ1) is 47.2. The van der Waals surface area contributed by atoms with Crippen molar-refractivity contribution in [1.29, 1.82) is 0 Å². The number of hydrogen-bond acceptors (Lipinski definition) is 12. The van der Waals surface area contributed by atoms with Gasteiger partial charge in [-0.25, -0.2) is 9.59 Å². The molecule has 1 N–H and O–H groups in total. The van der Waals surface area contributed by atoms with Gasteiger partial charge in [0.1, 0.15) is 31.0 Å². The zero-order chi connectivity index (χ0) is 45.9. The molecule has 7 atom stereocenters. The van der Waals surface area contributed by atoms with Crippen LogP contribution >= 0.6 is 0 Å². The summed E-state index contributed by atoms with van der Waals surface area (Å²) in [5.41, 5.74) is 3.87. The lowest BCUT2D eigenvalue weighted by Gasteiger charge is -2.46. The van der Waals surface area contributed by atoms with Crippen molar-refractivity contribution in [2.75, 3.05) is 6.61 Å². The van der Waals surface area contributed by atoms with Gasteiger partial charge in [-0.05, 0) is 40.8 Å². The quantitative estimate of drug-likeness (QED) is 0.0299. The highest BCUT2D eigenvalue weighted by Gasteiger charge is 2.50. The van der Waals surface area contributed by atoms with E-state index in [0.29, 0.717) is 5.56 Å². The third kappa shape index (κ3) is 13.9. The van der Waals surface area contributed by atoms with Gasteiger partial charge in [0, 0.05) is 6.07 Å². The fourth-order valence-corrected chi connectivity index (χ4v) is 7.27. The molecule has 7 rings (SSSR count). The highest BCUT2D eigenvalue weighted by atomic mass is 16.7. The average molecular weight is 897 g/mol. The van der Waals surface area contributed by atoms with Crippen LogP contribution in [0.5, 0.6) is 5.75 Å². The molecule has 0 spiro atoms.